The van der Waals surface area contributed by atoms with Crippen LogP contribution in [0.5, 0.6) is 0 Å². The summed E-state index contributed by atoms with van der Waals surface area (Å²) in [6, 6.07) is 15.3. The number of amides is 2. The zero-order valence-electron chi connectivity index (χ0n) is 15.9. The van der Waals surface area contributed by atoms with Crippen molar-refractivity contribution < 1.29 is 18.0 Å². The van der Waals surface area contributed by atoms with Gasteiger partial charge in [-0.1, -0.05) is 24.3 Å². The third-order valence-electron chi connectivity index (χ3n) is 4.98. The van der Waals surface area contributed by atoms with Gasteiger partial charge in [0.05, 0.1) is 0 Å². The number of hydrogen-bond donors (Lipinski definition) is 2. The molecule has 4 rings (SSSR count). The average Bonchev–Trinajstić information content (AvgIpc) is 3.25. The fourth-order valence-corrected chi connectivity index (χ4v) is 6.10. The van der Waals surface area contributed by atoms with E-state index in [9.17, 15) is 18.0 Å². The lowest BCUT2D eigenvalue weighted by molar-refractivity contribution is 0.0998. The van der Waals surface area contributed by atoms with Crippen LogP contribution in [0.4, 0.5) is 5.69 Å². The molecule has 0 unspecified atom stereocenters. The molecule has 30 heavy (non-hydrogen) atoms. The van der Waals surface area contributed by atoms with Gasteiger partial charge < -0.3 is 11.1 Å². The Labute approximate surface area is 178 Å². The van der Waals surface area contributed by atoms with E-state index in [4.69, 9.17) is 5.73 Å². The summed E-state index contributed by atoms with van der Waals surface area (Å²) in [7, 11) is -3.83. The van der Waals surface area contributed by atoms with Crippen LogP contribution in [0.2, 0.25) is 0 Å². The summed E-state index contributed by atoms with van der Waals surface area (Å²) < 4.78 is 27.9. The Morgan fingerprint density at radius 1 is 1.00 bits per heavy atom. The van der Waals surface area contributed by atoms with Crippen molar-refractivity contribution in [2.24, 2.45) is 5.73 Å². The maximum absolute atomic E-state index is 13.3. The number of primary amides is 1. The second-order valence-electron chi connectivity index (χ2n) is 6.87. The van der Waals surface area contributed by atoms with E-state index in [1.807, 2.05) is 24.3 Å². The van der Waals surface area contributed by atoms with Crippen molar-refractivity contribution in [1.29, 1.82) is 0 Å². The number of nitrogens with two attached hydrogens (primary N) is 1. The van der Waals surface area contributed by atoms with Crippen LogP contribution in [0, 0.1) is 0 Å². The number of carbonyl (C=O) groups is 2. The minimum atomic E-state index is -3.83. The Morgan fingerprint density at radius 3 is 2.40 bits per heavy atom. The van der Waals surface area contributed by atoms with Gasteiger partial charge in [0.2, 0.25) is 15.9 Å². The van der Waals surface area contributed by atoms with Crippen molar-refractivity contribution in [3.8, 4) is 0 Å². The van der Waals surface area contributed by atoms with Crippen molar-refractivity contribution in [3.05, 3.63) is 81.5 Å². The highest BCUT2D eigenvalue weighted by molar-refractivity contribution is 7.89. The lowest BCUT2D eigenvalue weighted by Crippen LogP contribution is -2.36. The summed E-state index contributed by atoms with van der Waals surface area (Å²) in [5.74, 6) is -1.09. The lowest BCUT2D eigenvalue weighted by atomic mass is 10.0. The maximum atomic E-state index is 13.3. The summed E-state index contributed by atoms with van der Waals surface area (Å²) in [5.41, 5.74) is 8.09. The maximum Gasteiger partial charge on any atom is 0.267 e. The Hall–Kier alpha value is -3.01. The highest BCUT2D eigenvalue weighted by atomic mass is 32.2. The first-order valence-corrected chi connectivity index (χ1v) is 11.5. The summed E-state index contributed by atoms with van der Waals surface area (Å²) in [4.78, 5) is 24.1. The first kappa shape index (κ1) is 20.3. The molecule has 0 saturated carbocycles. The third kappa shape index (κ3) is 3.87. The molecular formula is C21H19N3O4S2. The van der Waals surface area contributed by atoms with Crippen LogP contribution in [-0.4, -0.2) is 31.1 Å². The number of carbonyl (C=O) groups excluding carboxylic acids is 2. The monoisotopic (exact) mass is 441 g/mol. The van der Waals surface area contributed by atoms with Gasteiger partial charge in [-0.25, -0.2) is 8.42 Å². The lowest BCUT2D eigenvalue weighted by Gasteiger charge is -2.28. The standard InChI is InChI=1S/C21H19N3O4S2/c22-20(25)15-5-7-17(8-6-15)23-21(26)19-18(10-12-29-19)30(27,28)24-11-9-14-3-1-2-4-16(14)13-24/h1-8,10,12H,9,11,13H2,(H2,22,25)(H,23,26). The second-order valence-corrected chi connectivity index (χ2v) is 9.69. The summed E-state index contributed by atoms with van der Waals surface area (Å²) >= 11 is 1.07. The molecule has 0 aliphatic carbocycles. The first-order chi connectivity index (χ1) is 14.4. The minimum absolute atomic E-state index is 0.00172. The molecule has 0 spiro atoms. The molecule has 2 amide bonds. The van der Waals surface area contributed by atoms with E-state index < -0.39 is 21.8 Å². The van der Waals surface area contributed by atoms with Gasteiger partial charge in [-0.15, -0.1) is 11.3 Å². The van der Waals surface area contributed by atoms with Crippen LogP contribution in [0.25, 0.3) is 0 Å². The highest BCUT2D eigenvalue weighted by Gasteiger charge is 2.32. The average molecular weight is 442 g/mol. The Bertz CT molecular complexity index is 1220. The molecule has 3 aromatic rings. The van der Waals surface area contributed by atoms with E-state index in [0.717, 1.165) is 22.5 Å². The van der Waals surface area contributed by atoms with Crippen LogP contribution in [0.1, 0.15) is 31.2 Å². The molecule has 3 N–H and O–H groups in total. The van der Waals surface area contributed by atoms with Crippen LogP contribution < -0.4 is 11.1 Å². The first-order valence-electron chi connectivity index (χ1n) is 9.22. The number of sulfonamides is 1. The zero-order valence-corrected chi connectivity index (χ0v) is 17.5. The number of benzene rings is 2. The summed E-state index contributed by atoms with van der Waals surface area (Å²) in [5, 5.41) is 4.27. The number of nitrogens with one attached hydrogen (secondary N) is 1. The van der Waals surface area contributed by atoms with Gasteiger partial charge in [0.25, 0.3) is 5.91 Å². The molecule has 0 bridgehead atoms. The molecule has 2 heterocycles. The Balaban J connectivity index is 1.56. The Kier molecular flexibility index (Phi) is 5.42. The van der Waals surface area contributed by atoms with Gasteiger partial charge in [0, 0.05) is 24.3 Å². The minimum Gasteiger partial charge on any atom is -0.366 e. The van der Waals surface area contributed by atoms with Gasteiger partial charge >= 0.3 is 0 Å². The molecule has 0 saturated heterocycles. The number of thiophene rings is 1. The molecule has 154 valence electrons. The van der Waals surface area contributed by atoms with E-state index in [0.29, 0.717) is 24.2 Å². The topological polar surface area (TPSA) is 110 Å². The fraction of sp³-hybridized carbons (Fsp3) is 0.143. The molecule has 9 heteroatoms. The van der Waals surface area contributed by atoms with Gasteiger partial charge in [-0.3, -0.25) is 9.59 Å². The molecule has 7 nitrogen and oxygen atoms in total. The number of fused-ring (bicyclic) bond motifs is 1. The normalized spacial score (nSPS) is 14.1. The van der Waals surface area contributed by atoms with Crippen LogP contribution in [-0.2, 0) is 23.0 Å². The SMILES string of the molecule is NC(=O)c1ccc(NC(=O)c2sccc2S(=O)(=O)N2CCc3ccccc3C2)cc1. The number of anilines is 1. The predicted octanol–water partition coefficient (Wildman–Crippen LogP) is 2.85. The second kappa shape index (κ2) is 8.02. The van der Waals surface area contributed by atoms with E-state index in [1.165, 1.54) is 22.5 Å². The molecule has 2 aromatic carbocycles. The Morgan fingerprint density at radius 2 is 1.70 bits per heavy atom. The van der Waals surface area contributed by atoms with Gasteiger partial charge in [-0.2, -0.15) is 4.31 Å². The van der Waals surface area contributed by atoms with Crippen molar-refractivity contribution in [1.82, 2.24) is 4.31 Å². The molecular weight excluding hydrogens is 422 g/mol. The van der Waals surface area contributed by atoms with E-state index in [1.54, 1.807) is 17.5 Å². The fourth-order valence-electron chi connectivity index (χ4n) is 3.39. The van der Waals surface area contributed by atoms with Gasteiger partial charge in [0.15, 0.2) is 0 Å². The van der Waals surface area contributed by atoms with Crippen LogP contribution >= 0.6 is 11.3 Å². The number of hydrogen-bond acceptors (Lipinski definition) is 5. The van der Waals surface area contributed by atoms with Gasteiger partial charge in [-0.05, 0) is 53.3 Å². The quantitative estimate of drug-likeness (QED) is 0.634. The van der Waals surface area contributed by atoms with E-state index in [-0.39, 0.29) is 16.3 Å². The molecule has 0 atom stereocenters. The van der Waals surface area contributed by atoms with E-state index in [2.05, 4.69) is 5.32 Å². The highest BCUT2D eigenvalue weighted by Crippen LogP contribution is 2.30. The van der Waals surface area contributed by atoms with E-state index >= 15 is 0 Å². The summed E-state index contributed by atoms with van der Waals surface area (Å²) in [6.45, 7) is 0.648. The molecule has 0 radical (unpaired) electrons. The smallest absolute Gasteiger partial charge is 0.267 e. The number of rotatable bonds is 5. The third-order valence-corrected chi connectivity index (χ3v) is 7.91. The van der Waals surface area contributed by atoms with Crippen molar-refractivity contribution in [2.45, 2.75) is 17.9 Å². The van der Waals surface area contributed by atoms with Crippen molar-refractivity contribution >= 4 is 38.9 Å². The largest absolute Gasteiger partial charge is 0.366 e. The zero-order chi connectivity index (χ0) is 21.3. The predicted molar refractivity (Wildman–Crippen MR) is 115 cm³/mol. The van der Waals surface area contributed by atoms with Crippen molar-refractivity contribution in [2.75, 3.05) is 11.9 Å². The molecule has 1 aliphatic rings. The molecule has 1 aromatic heterocycles. The van der Waals surface area contributed by atoms with Gasteiger partial charge in [0.1, 0.15) is 9.77 Å². The molecule has 1 aliphatic heterocycles. The molecule has 0 fully saturated rings. The van der Waals surface area contributed by atoms with Crippen molar-refractivity contribution in [3.63, 3.8) is 0 Å². The summed E-state index contributed by atoms with van der Waals surface area (Å²) in [6.07, 6.45) is 0.632. The number of nitrogens with zero attached hydrogens (tertiary/aromatic N) is 1. The van der Waals surface area contributed by atoms with Crippen LogP contribution in [0.3, 0.4) is 0 Å². The van der Waals surface area contributed by atoms with Crippen LogP contribution in [0.15, 0.2) is 64.9 Å².